The van der Waals surface area contributed by atoms with Crippen molar-refractivity contribution < 1.29 is 19.7 Å². The van der Waals surface area contributed by atoms with Gasteiger partial charge in [0.15, 0.2) is 0 Å². The number of hydrogen-bond donors (Lipinski definition) is 6. The highest BCUT2D eigenvalue weighted by atomic mass is 16.5. The molecular weight excluding hydrogens is 360 g/mol. The maximum Gasteiger partial charge on any atom is 0.144 e. The maximum atomic E-state index is 10.1. The lowest BCUT2D eigenvalue weighted by molar-refractivity contribution is 0.0864. The van der Waals surface area contributed by atoms with Crippen molar-refractivity contribution >= 4 is 22.7 Å². The number of aliphatic hydroxyl groups is 2. The lowest BCUT2D eigenvalue weighted by atomic mass is 10.1. The fraction of sp³-hybridized carbons (Fsp3) is 0.400. The third kappa shape index (κ3) is 7.05. The lowest BCUT2D eigenvalue weighted by Gasteiger charge is -2.16. The molecule has 2 unspecified atom stereocenters. The van der Waals surface area contributed by atoms with Crippen LogP contribution in [-0.2, 0) is 0 Å². The summed E-state index contributed by atoms with van der Waals surface area (Å²) in [6, 6.07) is 10.1. The monoisotopic (exact) mass is 390 g/mol. The number of nitrogens with two attached hydrogens (primary N) is 4. The summed E-state index contributed by atoms with van der Waals surface area (Å²) in [5.41, 5.74) is 25.1. The molecule has 0 fully saturated rings. The van der Waals surface area contributed by atoms with Crippen LogP contribution in [0.25, 0.3) is 0 Å². The van der Waals surface area contributed by atoms with Crippen molar-refractivity contribution in [3.8, 4) is 11.5 Å². The van der Waals surface area contributed by atoms with Gasteiger partial charge in [-0.3, -0.25) is 0 Å². The first-order chi connectivity index (χ1) is 13.3. The predicted molar refractivity (Wildman–Crippen MR) is 112 cm³/mol. The van der Waals surface area contributed by atoms with Crippen LogP contribution in [0.3, 0.4) is 0 Å². The molecule has 0 aliphatic heterocycles. The Kier molecular flexibility index (Phi) is 8.03. The van der Waals surface area contributed by atoms with E-state index in [2.05, 4.69) is 0 Å². The minimum absolute atomic E-state index is 0.308. The third-order valence-corrected chi connectivity index (χ3v) is 4.33. The van der Waals surface area contributed by atoms with Crippen LogP contribution in [0.4, 0.5) is 22.7 Å². The van der Waals surface area contributed by atoms with Crippen molar-refractivity contribution in [1.29, 1.82) is 0 Å². The van der Waals surface area contributed by atoms with Crippen LogP contribution >= 0.6 is 0 Å². The summed E-state index contributed by atoms with van der Waals surface area (Å²) in [6.07, 6.45) is 0.605. The zero-order valence-electron chi connectivity index (χ0n) is 15.9. The molecule has 0 bridgehead atoms. The Balaban J connectivity index is 1.62. The van der Waals surface area contributed by atoms with Gasteiger partial charge in [0.25, 0.3) is 0 Å². The van der Waals surface area contributed by atoms with Gasteiger partial charge in [0, 0.05) is 36.3 Å². The summed E-state index contributed by atoms with van der Waals surface area (Å²) in [7, 11) is 0. The average molecular weight is 390 g/mol. The van der Waals surface area contributed by atoms with Gasteiger partial charge in [0.1, 0.15) is 11.5 Å². The van der Waals surface area contributed by atoms with Crippen molar-refractivity contribution in [2.24, 2.45) is 0 Å². The molecule has 8 nitrogen and oxygen atoms in total. The Bertz CT molecular complexity index is 693. The molecule has 0 aliphatic carbocycles. The van der Waals surface area contributed by atoms with Gasteiger partial charge in [0.2, 0.25) is 0 Å². The first kappa shape index (κ1) is 21.5. The fourth-order valence-electron chi connectivity index (χ4n) is 2.64. The second kappa shape index (κ2) is 10.5. The lowest BCUT2D eigenvalue weighted by Crippen LogP contribution is -2.18. The van der Waals surface area contributed by atoms with Crippen molar-refractivity contribution in [2.75, 3.05) is 36.1 Å². The first-order valence-corrected chi connectivity index (χ1v) is 9.27. The molecule has 0 aliphatic rings. The molecule has 0 heterocycles. The molecule has 2 aromatic carbocycles. The summed E-state index contributed by atoms with van der Waals surface area (Å²) >= 11 is 0. The quantitative estimate of drug-likeness (QED) is 0.316. The molecule has 2 aromatic rings. The van der Waals surface area contributed by atoms with E-state index in [4.69, 9.17) is 32.4 Å². The van der Waals surface area contributed by atoms with E-state index in [9.17, 15) is 10.2 Å². The van der Waals surface area contributed by atoms with Gasteiger partial charge in [-0.25, -0.2) is 0 Å². The van der Waals surface area contributed by atoms with Gasteiger partial charge >= 0.3 is 0 Å². The number of rotatable bonds is 11. The molecule has 0 saturated carbocycles. The van der Waals surface area contributed by atoms with E-state index in [1.165, 1.54) is 0 Å². The zero-order chi connectivity index (χ0) is 20.5. The molecule has 154 valence electrons. The number of nitrogen functional groups attached to an aromatic ring is 4. The van der Waals surface area contributed by atoms with Crippen molar-refractivity contribution in [2.45, 2.75) is 37.9 Å². The first-order valence-electron chi connectivity index (χ1n) is 9.27. The summed E-state index contributed by atoms with van der Waals surface area (Å²) in [5, 5.41) is 20.1. The van der Waals surface area contributed by atoms with Crippen LogP contribution < -0.4 is 32.4 Å². The smallest absolute Gasteiger partial charge is 0.144 e. The van der Waals surface area contributed by atoms with Crippen LogP contribution in [0.2, 0.25) is 0 Å². The van der Waals surface area contributed by atoms with Crippen molar-refractivity contribution in [3.05, 3.63) is 36.4 Å². The number of ether oxygens (including phenoxy) is 2. The summed E-state index contributed by atoms with van der Waals surface area (Å²) < 4.78 is 11.1. The van der Waals surface area contributed by atoms with Crippen LogP contribution in [0, 0.1) is 0 Å². The molecular formula is C20H30N4O4. The zero-order valence-corrected chi connectivity index (χ0v) is 15.9. The summed E-state index contributed by atoms with van der Waals surface area (Å²) in [5.74, 6) is 1.01. The van der Waals surface area contributed by atoms with Crippen LogP contribution in [-0.4, -0.2) is 35.6 Å². The number of aliphatic hydroxyl groups excluding tert-OH is 2. The minimum Gasteiger partial charge on any atom is -0.491 e. The SMILES string of the molecule is Nc1ccc(N)c(OCCC(O)CCC(O)CCOc2cc(N)ccc2N)c1. The van der Waals surface area contributed by atoms with E-state index in [0.717, 1.165) is 0 Å². The highest BCUT2D eigenvalue weighted by Gasteiger charge is 2.11. The van der Waals surface area contributed by atoms with Crippen LogP contribution in [0.15, 0.2) is 36.4 Å². The Morgan fingerprint density at radius 2 is 1.04 bits per heavy atom. The minimum atomic E-state index is -0.581. The Hall–Kier alpha value is -2.84. The van der Waals surface area contributed by atoms with E-state index in [1.54, 1.807) is 36.4 Å². The van der Waals surface area contributed by atoms with Crippen LogP contribution in [0.5, 0.6) is 11.5 Å². The molecule has 28 heavy (non-hydrogen) atoms. The summed E-state index contributed by atoms with van der Waals surface area (Å²) in [6.45, 7) is 0.617. The molecule has 0 saturated heterocycles. The van der Waals surface area contributed by atoms with Crippen molar-refractivity contribution in [3.63, 3.8) is 0 Å². The molecule has 8 heteroatoms. The second-order valence-electron chi connectivity index (χ2n) is 6.75. The van der Waals surface area contributed by atoms with Gasteiger partial charge < -0.3 is 42.6 Å². The number of benzene rings is 2. The topological polar surface area (TPSA) is 163 Å². The summed E-state index contributed by atoms with van der Waals surface area (Å²) in [4.78, 5) is 0. The highest BCUT2D eigenvalue weighted by molar-refractivity contribution is 5.60. The molecule has 0 spiro atoms. The van der Waals surface area contributed by atoms with E-state index >= 15 is 0 Å². The number of hydrogen-bond acceptors (Lipinski definition) is 8. The van der Waals surface area contributed by atoms with Crippen LogP contribution in [0.1, 0.15) is 25.7 Å². The second-order valence-corrected chi connectivity index (χ2v) is 6.75. The van der Waals surface area contributed by atoms with Gasteiger partial charge in [0.05, 0.1) is 36.8 Å². The van der Waals surface area contributed by atoms with E-state index in [-0.39, 0.29) is 0 Å². The highest BCUT2D eigenvalue weighted by Crippen LogP contribution is 2.25. The van der Waals surface area contributed by atoms with Gasteiger partial charge in [-0.1, -0.05) is 0 Å². The van der Waals surface area contributed by atoms with Gasteiger partial charge in [-0.2, -0.15) is 0 Å². The fourth-order valence-corrected chi connectivity index (χ4v) is 2.64. The normalized spacial score (nSPS) is 13.1. The van der Waals surface area contributed by atoms with E-state index < -0.39 is 12.2 Å². The third-order valence-electron chi connectivity index (χ3n) is 4.33. The molecule has 10 N–H and O–H groups in total. The molecule has 2 atom stereocenters. The number of anilines is 4. The Morgan fingerprint density at radius 3 is 1.43 bits per heavy atom. The standard InChI is InChI=1S/C20H30N4O4/c21-13-1-5-17(23)19(11-13)27-9-7-15(25)3-4-16(26)8-10-28-20-12-14(22)2-6-18(20)24/h1-2,5-6,11-12,15-16,25-26H,3-4,7-10,21-24H2. The molecule has 0 radical (unpaired) electrons. The maximum absolute atomic E-state index is 10.1. The Morgan fingerprint density at radius 1 is 0.643 bits per heavy atom. The van der Waals surface area contributed by atoms with Crippen molar-refractivity contribution in [1.82, 2.24) is 0 Å². The van der Waals surface area contributed by atoms with Gasteiger partial charge in [-0.05, 0) is 37.1 Å². The predicted octanol–water partition coefficient (Wildman–Crippen LogP) is 1.76. The van der Waals surface area contributed by atoms with Gasteiger partial charge in [-0.15, -0.1) is 0 Å². The molecule has 2 rings (SSSR count). The largest absolute Gasteiger partial charge is 0.491 e. The Labute approximate surface area is 165 Å². The molecule has 0 amide bonds. The average Bonchev–Trinajstić information content (AvgIpc) is 2.65. The van der Waals surface area contributed by atoms with E-state index in [0.29, 0.717) is 73.1 Å². The molecule has 0 aromatic heterocycles. The van der Waals surface area contributed by atoms with E-state index in [1.807, 2.05) is 0 Å².